The fraction of sp³-hybridized carbons (Fsp3) is 1.00. The van der Waals surface area contributed by atoms with Gasteiger partial charge in [0.25, 0.3) is 0 Å². The van der Waals surface area contributed by atoms with Crippen LogP contribution in [0.25, 0.3) is 0 Å². The molecule has 0 fully saturated rings. The van der Waals surface area contributed by atoms with E-state index in [1.165, 1.54) is 0 Å². The van der Waals surface area contributed by atoms with E-state index in [4.69, 9.17) is 9.84 Å². The molecule has 0 aliphatic rings. The molecule has 0 aromatic heterocycles. The Morgan fingerprint density at radius 3 is 2.00 bits per heavy atom. The first-order valence-corrected chi connectivity index (χ1v) is 6.62. The molecule has 0 unspecified atom stereocenters. The van der Waals surface area contributed by atoms with Gasteiger partial charge in [-0.25, -0.2) is 0 Å². The van der Waals surface area contributed by atoms with Gasteiger partial charge in [0.2, 0.25) is 0 Å². The Morgan fingerprint density at radius 1 is 0.941 bits per heavy atom. The fourth-order valence-corrected chi connectivity index (χ4v) is 1.51. The van der Waals surface area contributed by atoms with Crippen LogP contribution in [0, 0.1) is 0 Å². The fourth-order valence-electron chi connectivity index (χ4n) is 1.51. The third-order valence-corrected chi connectivity index (χ3v) is 3.11. The second-order valence-corrected chi connectivity index (χ2v) is 5.04. The Balaban J connectivity index is 3.55. The molecule has 4 nitrogen and oxygen atoms in total. The molecule has 0 aromatic rings. The third-order valence-electron chi connectivity index (χ3n) is 3.11. The lowest BCUT2D eigenvalue weighted by Crippen LogP contribution is -2.36. The first-order chi connectivity index (χ1) is 7.99. The van der Waals surface area contributed by atoms with Gasteiger partial charge in [-0.05, 0) is 34.7 Å². The van der Waals surface area contributed by atoms with E-state index < -0.39 is 0 Å². The molecule has 0 atom stereocenters. The van der Waals surface area contributed by atoms with Crippen LogP contribution in [-0.4, -0.2) is 73.5 Å². The molecule has 0 aliphatic carbocycles. The van der Waals surface area contributed by atoms with Crippen LogP contribution in [0.2, 0.25) is 0 Å². The molecule has 4 heteroatoms. The summed E-state index contributed by atoms with van der Waals surface area (Å²) in [5.74, 6) is 0. The maximum Gasteiger partial charge on any atom is 0.0594 e. The van der Waals surface area contributed by atoms with Crippen LogP contribution in [-0.2, 0) is 4.74 Å². The van der Waals surface area contributed by atoms with Crippen LogP contribution >= 0.6 is 0 Å². The molecule has 0 saturated carbocycles. The predicted molar refractivity (Wildman–Crippen MR) is 72.4 cm³/mol. The van der Waals surface area contributed by atoms with Gasteiger partial charge in [0.1, 0.15) is 0 Å². The van der Waals surface area contributed by atoms with Gasteiger partial charge < -0.3 is 14.7 Å². The summed E-state index contributed by atoms with van der Waals surface area (Å²) in [7, 11) is 2.11. The van der Waals surface area contributed by atoms with E-state index in [0.29, 0.717) is 12.1 Å². The van der Waals surface area contributed by atoms with E-state index in [1.54, 1.807) is 0 Å². The summed E-state index contributed by atoms with van der Waals surface area (Å²) in [6.07, 6.45) is 0. The van der Waals surface area contributed by atoms with E-state index >= 15 is 0 Å². The lowest BCUT2D eigenvalue weighted by atomic mass is 10.3. The first-order valence-electron chi connectivity index (χ1n) is 6.62. The maximum atomic E-state index is 8.93. The lowest BCUT2D eigenvalue weighted by Gasteiger charge is -2.25. The van der Waals surface area contributed by atoms with Crippen molar-refractivity contribution in [3.8, 4) is 0 Å². The van der Waals surface area contributed by atoms with Crippen LogP contribution in [0.15, 0.2) is 0 Å². The molecule has 17 heavy (non-hydrogen) atoms. The molecule has 0 bridgehead atoms. The number of likely N-dealkylation sites (N-methyl/N-ethyl adjacent to an activating group) is 1. The Bertz CT molecular complexity index is 175. The summed E-state index contributed by atoms with van der Waals surface area (Å²) in [5, 5.41) is 8.93. The van der Waals surface area contributed by atoms with Crippen LogP contribution in [0.5, 0.6) is 0 Å². The second kappa shape index (κ2) is 9.83. The molecule has 0 amide bonds. The number of aliphatic hydroxyl groups is 1. The Morgan fingerprint density at radius 2 is 1.53 bits per heavy atom. The van der Waals surface area contributed by atoms with Crippen molar-refractivity contribution < 1.29 is 9.84 Å². The standard InChI is InChI=1S/C13H30N2O2/c1-12(2)14(5)7-10-17-11-8-15(6-9-16)13(3)4/h12-13,16H,6-11H2,1-5H3. The summed E-state index contributed by atoms with van der Waals surface area (Å²) in [5.41, 5.74) is 0. The summed E-state index contributed by atoms with van der Waals surface area (Å²) >= 11 is 0. The van der Waals surface area contributed by atoms with Crippen molar-refractivity contribution in [1.29, 1.82) is 0 Å². The van der Waals surface area contributed by atoms with Crippen molar-refractivity contribution in [3.63, 3.8) is 0 Å². The zero-order chi connectivity index (χ0) is 13.3. The quantitative estimate of drug-likeness (QED) is 0.584. The topological polar surface area (TPSA) is 35.9 Å². The highest BCUT2D eigenvalue weighted by molar-refractivity contribution is 4.62. The van der Waals surface area contributed by atoms with E-state index in [-0.39, 0.29) is 6.61 Å². The Hall–Kier alpha value is -0.160. The molecule has 0 aromatic carbocycles. The molecule has 0 rings (SSSR count). The Labute approximate surface area is 107 Å². The highest BCUT2D eigenvalue weighted by atomic mass is 16.5. The van der Waals surface area contributed by atoms with Crippen molar-refractivity contribution in [2.75, 3.05) is 46.5 Å². The number of aliphatic hydroxyl groups excluding tert-OH is 1. The van der Waals surface area contributed by atoms with Crippen LogP contribution in [0.4, 0.5) is 0 Å². The molecule has 0 spiro atoms. The highest BCUT2D eigenvalue weighted by Crippen LogP contribution is 1.97. The van der Waals surface area contributed by atoms with Crippen LogP contribution in [0.1, 0.15) is 27.7 Å². The van der Waals surface area contributed by atoms with E-state index in [0.717, 1.165) is 32.8 Å². The third kappa shape index (κ3) is 8.55. The minimum absolute atomic E-state index is 0.217. The number of nitrogens with zero attached hydrogens (tertiary/aromatic N) is 2. The van der Waals surface area contributed by atoms with Crippen molar-refractivity contribution in [1.82, 2.24) is 9.80 Å². The van der Waals surface area contributed by atoms with Crippen molar-refractivity contribution >= 4 is 0 Å². The van der Waals surface area contributed by atoms with Crippen LogP contribution in [0.3, 0.4) is 0 Å². The molecule has 0 heterocycles. The molecule has 0 saturated heterocycles. The molecule has 0 radical (unpaired) electrons. The van der Waals surface area contributed by atoms with E-state index in [9.17, 15) is 0 Å². The zero-order valence-corrected chi connectivity index (χ0v) is 12.1. The molecular weight excluding hydrogens is 216 g/mol. The van der Waals surface area contributed by atoms with Gasteiger partial charge >= 0.3 is 0 Å². The smallest absolute Gasteiger partial charge is 0.0594 e. The highest BCUT2D eigenvalue weighted by Gasteiger charge is 2.08. The zero-order valence-electron chi connectivity index (χ0n) is 12.1. The van der Waals surface area contributed by atoms with Gasteiger partial charge in [-0.2, -0.15) is 0 Å². The molecular formula is C13H30N2O2. The summed E-state index contributed by atoms with van der Waals surface area (Å²) in [6.45, 7) is 13.0. The van der Waals surface area contributed by atoms with Crippen molar-refractivity contribution in [2.45, 2.75) is 39.8 Å². The van der Waals surface area contributed by atoms with E-state index in [2.05, 4.69) is 44.5 Å². The number of hydrogen-bond acceptors (Lipinski definition) is 4. The Kier molecular flexibility index (Phi) is 9.74. The number of hydrogen-bond donors (Lipinski definition) is 1. The average Bonchev–Trinajstić information content (AvgIpc) is 2.26. The largest absolute Gasteiger partial charge is 0.395 e. The number of ether oxygens (including phenoxy) is 1. The minimum Gasteiger partial charge on any atom is -0.395 e. The second-order valence-electron chi connectivity index (χ2n) is 5.04. The van der Waals surface area contributed by atoms with Gasteiger partial charge in [-0.1, -0.05) is 0 Å². The van der Waals surface area contributed by atoms with Gasteiger partial charge in [0.05, 0.1) is 19.8 Å². The van der Waals surface area contributed by atoms with Crippen LogP contribution < -0.4 is 0 Å². The van der Waals surface area contributed by atoms with Gasteiger partial charge in [0.15, 0.2) is 0 Å². The molecule has 1 N–H and O–H groups in total. The lowest BCUT2D eigenvalue weighted by molar-refractivity contribution is 0.0686. The average molecular weight is 246 g/mol. The molecule has 104 valence electrons. The number of rotatable bonds is 10. The SMILES string of the molecule is CC(C)N(C)CCOCCN(CCO)C(C)C. The van der Waals surface area contributed by atoms with Gasteiger partial charge in [0, 0.05) is 31.7 Å². The van der Waals surface area contributed by atoms with Gasteiger partial charge in [-0.15, -0.1) is 0 Å². The van der Waals surface area contributed by atoms with Crippen molar-refractivity contribution in [3.05, 3.63) is 0 Å². The molecule has 0 aliphatic heterocycles. The maximum absolute atomic E-state index is 8.93. The predicted octanol–water partition coefficient (Wildman–Crippen LogP) is 1.05. The normalized spacial score (nSPS) is 12.4. The monoisotopic (exact) mass is 246 g/mol. The summed E-state index contributed by atoms with van der Waals surface area (Å²) in [6, 6.07) is 1.03. The summed E-state index contributed by atoms with van der Waals surface area (Å²) in [4.78, 5) is 4.50. The van der Waals surface area contributed by atoms with E-state index in [1.807, 2.05) is 0 Å². The minimum atomic E-state index is 0.217. The summed E-state index contributed by atoms with van der Waals surface area (Å²) < 4.78 is 5.62. The van der Waals surface area contributed by atoms with Gasteiger partial charge in [-0.3, -0.25) is 4.90 Å². The van der Waals surface area contributed by atoms with Crippen molar-refractivity contribution in [2.24, 2.45) is 0 Å². The first kappa shape index (κ1) is 16.8.